The van der Waals surface area contributed by atoms with Crippen LogP contribution in [0.1, 0.15) is 31.5 Å². The van der Waals surface area contributed by atoms with Crippen LogP contribution in [-0.2, 0) is 11.3 Å². The zero-order valence-corrected chi connectivity index (χ0v) is 17.2. The maximum absolute atomic E-state index is 12.3. The molecule has 0 atom stereocenters. The summed E-state index contributed by atoms with van der Waals surface area (Å²) in [6.45, 7) is 4.29. The minimum absolute atomic E-state index is 0.272. The van der Waals surface area contributed by atoms with Gasteiger partial charge in [0.2, 0.25) is 0 Å². The van der Waals surface area contributed by atoms with E-state index in [0.717, 1.165) is 0 Å². The van der Waals surface area contributed by atoms with Gasteiger partial charge in [0, 0.05) is 12.4 Å². The zero-order chi connectivity index (χ0) is 22.8. The van der Waals surface area contributed by atoms with Crippen LogP contribution in [0.2, 0.25) is 0 Å². The molecule has 0 aliphatic carbocycles. The Balaban J connectivity index is 1.74. The molecule has 0 aliphatic heterocycles. The van der Waals surface area contributed by atoms with Gasteiger partial charge in [-0.05, 0) is 38.5 Å². The van der Waals surface area contributed by atoms with Gasteiger partial charge in [-0.1, -0.05) is 0 Å². The third-order valence-corrected chi connectivity index (χ3v) is 4.36. The third kappa shape index (κ3) is 5.91. The van der Waals surface area contributed by atoms with Crippen molar-refractivity contribution in [1.82, 2.24) is 19.7 Å². The lowest BCUT2D eigenvalue weighted by Gasteiger charge is -2.16. The van der Waals surface area contributed by atoms with Crippen LogP contribution in [-0.4, -0.2) is 49.1 Å². The van der Waals surface area contributed by atoms with E-state index in [1.807, 2.05) is 0 Å². The molecule has 8 nitrogen and oxygen atoms in total. The summed E-state index contributed by atoms with van der Waals surface area (Å²) in [4.78, 5) is 20.4. The molecule has 2 N–H and O–H groups in total. The summed E-state index contributed by atoms with van der Waals surface area (Å²) in [5.41, 5.74) is 0.308. The molecule has 0 fully saturated rings. The number of ether oxygens (including phenoxy) is 1. The van der Waals surface area contributed by atoms with Gasteiger partial charge in [-0.3, -0.25) is 14.5 Å². The van der Waals surface area contributed by atoms with Gasteiger partial charge in [0.1, 0.15) is 17.2 Å². The molecule has 11 heteroatoms. The molecule has 31 heavy (non-hydrogen) atoms. The molecule has 3 aromatic heterocycles. The molecular weight excluding hydrogens is 415 g/mol. The van der Waals surface area contributed by atoms with Crippen LogP contribution in [0.5, 0.6) is 5.75 Å². The Hall–Kier alpha value is -3.21. The number of alkyl halides is 3. The Labute approximate surface area is 176 Å². The lowest BCUT2D eigenvalue weighted by molar-refractivity contribution is -0.139. The molecule has 0 saturated heterocycles. The first kappa shape index (κ1) is 22.5. The molecule has 0 spiro atoms. The smallest absolute Gasteiger partial charge is 0.392 e. The maximum Gasteiger partial charge on any atom is 0.392 e. The molecule has 0 aliphatic rings. The maximum atomic E-state index is 12.3. The summed E-state index contributed by atoms with van der Waals surface area (Å²) in [5.74, 6) is -0.0356. The minimum Gasteiger partial charge on any atom is -0.491 e. The van der Waals surface area contributed by atoms with Crippen molar-refractivity contribution < 1.29 is 27.8 Å². The number of anilines is 1. The van der Waals surface area contributed by atoms with Crippen LogP contribution in [0.4, 0.5) is 19.0 Å². The number of nitrogens with zero attached hydrogens (tertiary/aromatic N) is 4. The van der Waals surface area contributed by atoms with E-state index >= 15 is 0 Å². The molecule has 0 saturated carbocycles. The number of aromatic nitrogens is 4. The quantitative estimate of drug-likeness (QED) is 0.589. The number of rotatable bonds is 7. The lowest BCUT2D eigenvalue weighted by atomic mass is 10.1. The predicted octanol–water partition coefficient (Wildman–Crippen LogP) is 3.22. The van der Waals surface area contributed by atoms with Crippen LogP contribution in [0, 0.1) is 6.92 Å². The monoisotopic (exact) mass is 437 g/mol. The number of halogens is 3. The number of pyridine rings is 2. The SMILES string of the molecule is Cc1cc(Cn2cc3c(NC(=O)C(C)(C)O)nccc3n2)ncc1OCCC(F)(F)F. The van der Waals surface area contributed by atoms with Crippen molar-refractivity contribution in [2.75, 3.05) is 11.9 Å². The Kier molecular flexibility index (Phi) is 6.16. The number of aryl methyl sites for hydroxylation is 1. The number of fused-ring (bicyclic) bond motifs is 1. The van der Waals surface area contributed by atoms with Gasteiger partial charge in [-0.2, -0.15) is 18.3 Å². The molecule has 0 radical (unpaired) electrons. The van der Waals surface area contributed by atoms with E-state index in [2.05, 4.69) is 20.4 Å². The number of hydrogen-bond acceptors (Lipinski definition) is 6. The fourth-order valence-corrected chi connectivity index (χ4v) is 2.72. The van der Waals surface area contributed by atoms with E-state index in [-0.39, 0.29) is 12.4 Å². The van der Waals surface area contributed by atoms with Crippen molar-refractivity contribution in [1.29, 1.82) is 0 Å². The number of amides is 1. The number of carbonyl (C=O) groups is 1. The van der Waals surface area contributed by atoms with Crippen molar-refractivity contribution in [3.63, 3.8) is 0 Å². The predicted molar refractivity (Wildman–Crippen MR) is 107 cm³/mol. The lowest BCUT2D eigenvalue weighted by Crippen LogP contribution is -2.36. The molecular formula is C20H22F3N5O3. The summed E-state index contributed by atoms with van der Waals surface area (Å²) in [5, 5.41) is 17.4. The summed E-state index contributed by atoms with van der Waals surface area (Å²) in [6, 6.07) is 3.40. The normalized spacial score (nSPS) is 12.2. The van der Waals surface area contributed by atoms with Gasteiger partial charge < -0.3 is 15.2 Å². The highest BCUT2D eigenvalue weighted by Crippen LogP contribution is 2.24. The van der Waals surface area contributed by atoms with Gasteiger partial charge in [0.25, 0.3) is 5.91 Å². The average molecular weight is 437 g/mol. The van der Waals surface area contributed by atoms with Crippen LogP contribution >= 0.6 is 0 Å². The second kappa shape index (κ2) is 8.50. The van der Waals surface area contributed by atoms with E-state index in [1.54, 1.807) is 29.9 Å². The first-order valence-corrected chi connectivity index (χ1v) is 9.43. The second-order valence-corrected chi connectivity index (χ2v) is 7.59. The Bertz CT molecular complexity index is 1090. The fraction of sp³-hybridized carbons (Fsp3) is 0.400. The van der Waals surface area contributed by atoms with E-state index < -0.39 is 30.7 Å². The topological polar surface area (TPSA) is 102 Å². The number of nitrogens with one attached hydrogen (secondary N) is 1. The van der Waals surface area contributed by atoms with Gasteiger partial charge in [0.15, 0.2) is 0 Å². The van der Waals surface area contributed by atoms with Gasteiger partial charge >= 0.3 is 6.18 Å². The van der Waals surface area contributed by atoms with E-state index in [1.165, 1.54) is 26.2 Å². The standard InChI is InChI=1S/C20H22F3N5O3/c1-12-8-13(25-9-16(12)31-7-5-20(21,22)23)10-28-11-14-15(27-28)4-6-24-17(14)26-18(29)19(2,3)30/h4,6,8-9,11,30H,5,7,10H2,1-3H3,(H,24,26,29). The van der Waals surface area contributed by atoms with Crippen molar-refractivity contribution in [2.24, 2.45) is 0 Å². The average Bonchev–Trinajstić information content (AvgIpc) is 3.05. The molecule has 0 bridgehead atoms. The summed E-state index contributed by atoms with van der Waals surface area (Å²) in [6.07, 6.45) is -0.735. The van der Waals surface area contributed by atoms with E-state index in [0.29, 0.717) is 27.9 Å². The summed E-state index contributed by atoms with van der Waals surface area (Å²) < 4.78 is 43.6. The first-order valence-electron chi connectivity index (χ1n) is 9.43. The van der Waals surface area contributed by atoms with Gasteiger partial charge in [-0.25, -0.2) is 4.98 Å². The highest BCUT2D eigenvalue weighted by atomic mass is 19.4. The molecule has 0 aromatic carbocycles. The van der Waals surface area contributed by atoms with Gasteiger partial charge in [-0.15, -0.1) is 0 Å². The number of carbonyl (C=O) groups excluding carboxylic acids is 1. The molecule has 1 amide bonds. The Morgan fingerprint density at radius 3 is 2.68 bits per heavy atom. The minimum atomic E-state index is -4.27. The molecule has 3 heterocycles. The first-order chi connectivity index (χ1) is 14.4. The van der Waals surface area contributed by atoms with Crippen molar-refractivity contribution in [3.8, 4) is 5.75 Å². The van der Waals surface area contributed by atoms with Crippen molar-refractivity contribution in [3.05, 3.63) is 42.0 Å². The van der Waals surface area contributed by atoms with Gasteiger partial charge in [0.05, 0.1) is 42.4 Å². The summed E-state index contributed by atoms with van der Waals surface area (Å²) in [7, 11) is 0. The van der Waals surface area contributed by atoms with Crippen LogP contribution in [0.25, 0.3) is 10.9 Å². The molecule has 3 rings (SSSR count). The second-order valence-electron chi connectivity index (χ2n) is 7.59. The third-order valence-electron chi connectivity index (χ3n) is 4.36. The molecule has 0 unspecified atom stereocenters. The van der Waals surface area contributed by atoms with E-state index in [4.69, 9.17) is 4.74 Å². The molecule has 3 aromatic rings. The fourth-order valence-electron chi connectivity index (χ4n) is 2.72. The van der Waals surface area contributed by atoms with E-state index in [9.17, 15) is 23.1 Å². The number of aliphatic hydroxyl groups is 1. The van der Waals surface area contributed by atoms with Crippen LogP contribution in [0.3, 0.4) is 0 Å². The zero-order valence-electron chi connectivity index (χ0n) is 17.2. The Morgan fingerprint density at radius 1 is 1.29 bits per heavy atom. The highest BCUT2D eigenvalue weighted by molar-refractivity contribution is 6.02. The number of hydrogen-bond donors (Lipinski definition) is 2. The van der Waals surface area contributed by atoms with Crippen molar-refractivity contribution >= 4 is 22.6 Å². The highest BCUT2D eigenvalue weighted by Gasteiger charge is 2.27. The van der Waals surface area contributed by atoms with Crippen LogP contribution < -0.4 is 10.1 Å². The molecule has 166 valence electrons. The van der Waals surface area contributed by atoms with Crippen LogP contribution in [0.15, 0.2) is 30.7 Å². The van der Waals surface area contributed by atoms with Crippen molar-refractivity contribution in [2.45, 2.75) is 45.5 Å². The Morgan fingerprint density at radius 2 is 2.03 bits per heavy atom. The largest absolute Gasteiger partial charge is 0.491 e. The summed E-state index contributed by atoms with van der Waals surface area (Å²) >= 11 is 0.